The van der Waals surface area contributed by atoms with E-state index in [1.807, 2.05) is 11.4 Å². The van der Waals surface area contributed by atoms with Crippen molar-refractivity contribution in [1.29, 1.82) is 0 Å². The van der Waals surface area contributed by atoms with E-state index in [-0.39, 0.29) is 0 Å². The van der Waals surface area contributed by atoms with E-state index >= 15 is 0 Å². The number of piperidine rings is 1. The average Bonchev–Trinajstić information content (AvgIpc) is 2.80. The van der Waals surface area contributed by atoms with Gasteiger partial charge in [-0.25, -0.2) is 4.79 Å². The summed E-state index contributed by atoms with van der Waals surface area (Å²) < 4.78 is 0. The Labute approximate surface area is 112 Å². The summed E-state index contributed by atoms with van der Waals surface area (Å²) in [4.78, 5) is 14.1. The van der Waals surface area contributed by atoms with Crippen molar-refractivity contribution in [3.05, 3.63) is 21.9 Å². The minimum absolute atomic E-state index is 0.501. The Morgan fingerprint density at radius 2 is 2.33 bits per heavy atom. The maximum absolute atomic E-state index is 11.1. The fraction of sp³-hybridized carbons (Fsp3) is 0.643. The summed E-state index contributed by atoms with van der Waals surface area (Å²) >= 11 is 1.33. The number of likely N-dealkylation sites (tertiary alicyclic amines) is 1. The molecule has 100 valence electrons. The Hall–Kier alpha value is -0.870. The van der Waals surface area contributed by atoms with E-state index in [1.165, 1.54) is 30.6 Å². The number of carbonyl (C=O) groups is 1. The molecule has 1 aliphatic heterocycles. The topological polar surface area (TPSA) is 40.5 Å². The van der Waals surface area contributed by atoms with Crippen LogP contribution in [-0.4, -0.2) is 28.6 Å². The summed E-state index contributed by atoms with van der Waals surface area (Å²) in [5.74, 6) is -0.0233. The largest absolute Gasteiger partial charge is 0.477 e. The zero-order valence-electron chi connectivity index (χ0n) is 11.1. The van der Waals surface area contributed by atoms with Gasteiger partial charge in [0.15, 0.2) is 0 Å². The minimum atomic E-state index is -0.795. The lowest BCUT2D eigenvalue weighted by atomic mass is 9.91. The fourth-order valence-electron chi connectivity index (χ4n) is 2.68. The molecule has 1 aromatic rings. The Kier molecular flexibility index (Phi) is 4.40. The lowest BCUT2D eigenvalue weighted by Crippen LogP contribution is -2.41. The van der Waals surface area contributed by atoms with Gasteiger partial charge < -0.3 is 5.11 Å². The molecule has 0 radical (unpaired) electrons. The standard InChI is InChI=1S/C14H21NO2S/c1-3-11-5-4-10(2)15(8-11)9-12-6-7-18-13(12)14(16)17/h6-7,10-11H,3-5,8-9H2,1-2H3,(H,16,17). The molecule has 0 bridgehead atoms. The molecular weight excluding hydrogens is 246 g/mol. The molecule has 1 aliphatic rings. The monoisotopic (exact) mass is 267 g/mol. The van der Waals surface area contributed by atoms with Crippen LogP contribution in [0.15, 0.2) is 11.4 Å². The normalized spacial score (nSPS) is 25.2. The molecule has 1 aromatic heterocycles. The highest BCUT2D eigenvalue weighted by atomic mass is 32.1. The zero-order valence-corrected chi connectivity index (χ0v) is 11.9. The SMILES string of the molecule is CCC1CCC(C)N(Cc2ccsc2C(=O)O)C1. The van der Waals surface area contributed by atoms with Gasteiger partial charge in [0, 0.05) is 19.1 Å². The number of carboxylic acids is 1. The number of aromatic carboxylic acids is 1. The average molecular weight is 267 g/mol. The van der Waals surface area contributed by atoms with Crippen LogP contribution in [0.25, 0.3) is 0 Å². The molecule has 2 atom stereocenters. The Morgan fingerprint density at radius 3 is 3.00 bits per heavy atom. The number of thiophene rings is 1. The van der Waals surface area contributed by atoms with Gasteiger partial charge in [-0.1, -0.05) is 13.3 Å². The third-order valence-corrected chi connectivity index (χ3v) is 4.95. The number of carboxylic acid groups (broad SMARTS) is 1. The van der Waals surface area contributed by atoms with Gasteiger partial charge in [0.25, 0.3) is 0 Å². The molecule has 0 amide bonds. The maximum Gasteiger partial charge on any atom is 0.346 e. The second kappa shape index (κ2) is 5.85. The molecule has 0 aliphatic carbocycles. The molecule has 1 saturated heterocycles. The second-order valence-electron chi connectivity index (χ2n) is 5.21. The van der Waals surface area contributed by atoms with Gasteiger partial charge in [0.05, 0.1) is 0 Å². The fourth-order valence-corrected chi connectivity index (χ4v) is 3.44. The van der Waals surface area contributed by atoms with Gasteiger partial charge >= 0.3 is 5.97 Å². The molecule has 18 heavy (non-hydrogen) atoms. The van der Waals surface area contributed by atoms with Crippen molar-refractivity contribution in [2.45, 2.75) is 45.7 Å². The third kappa shape index (κ3) is 2.93. The number of hydrogen-bond acceptors (Lipinski definition) is 3. The molecular formula is C14H21NO2S. The van der Waals surface area contributed by atoms with Crippen LogP contribution in [0.4, 0.5) is 0 Å². The van der Waals surface area contributed by atoms with Crippen LogP contribution in [-0.2, 0) is 6.54 Å². The smallest absolute Gasteiger partial charge is 0.346 e. The predicted molar refractivity (Wildman–Crippen MR) is 74.2 cm³/mol. The van der Waals surface area contributed by atoms with E-state index < -0.39 is 5.97 Å². The van der Waals surface area contributed by atoms with E-state index in [9.17, 15) is 4.79 Å². The summed E-state index contributed by atoms with van der Waals surface area (Å²) in [5.41, 5.74) is 0.969. The van der Waals surface area contributed by atoms with Crippen molar-refractivity contribution in [2.24, 2.45) is 5.92 Å². The van der Waals surface area contributed by atoms with Gasteiger partial charge in [0.2, 0.25) is 0 Å². The molecule has 4 heteroatoms. The highest BCUT2D eigenvalue weighted by molar-refractivity contribution is 7.12. The first-order valence-electron chi connectivity index (χ1n) is 6.65. The molecule has 1 fully saturated rings. The molecule has 0 saturated carbocycles. The van der Waals surface area contributed by atoms with E-state index in [0.29, 0.717) is 10.9 Å². The van der Waals surface area contributed by atoms with Crippen LogP contribution in [0.2, 0.25) is 0 Å². The summed E-state index contributed by atoms with van der Waals surface area (Å²) in [6.07, 6.45) is 3.76. The highest BCUT2D eigenvalue weighted by Crippen LogP contribution is 2.27. The Balaban J connectivity index is 2.07. The van der Waals surface area contributed by atoms with E-state index in [0.717, 1.165) is 24.6 Å². The first-order chi connectivity index (χ1) is 8.61. The second-order valence-corrected chi connectivity index (χ2v) is 6.13. The Bertz CT molecular complexity index is 416. The first kappa shape index (κ1) is 13.6. The molecule has 2 heterocycles. The van der Waals surface area contributed by atoms with Crippen molar-refractivity contribution >= 4 is 17.3 Å². The molecule has 1 N–H and O–H groups in total. The van der Waals surface area contributed by atoms with E-state index in [4.69, 9.17) is 5.11 Å². The summed E-state index contributed by atoms with van der Waals surface area (Å²) in [5, 5.41) is 11.0. The highest BCUT2D eigenvalue weighted by Gasteiger charge is 2.25. The van der Waals surface area contributed by atoms with Gasteiger partial charge in [-0.2, -0.15) is 0 Å². The molecule has 3 nitrogen and oxygen atoms in total. The van der Waals surface area contributed by atoms with Crippen molar-refractivity contribution < 1.29 is 9.90 Å². The lowest BCUT2D eigenvalue weighted by molar-refractivity contribution is 0.0696. The van der Waals surface area contributed by atoms with Crippen LogP contribution in [0.1, 0.15) is 48.3 Å². The summed E-state index contributed by atoms with van der Waals surface area (Å²) in [6.45, 7) is 6.38. The zero-order chi connectivity index (χ0) is 13.1. The third-order valence-electron chi connectivity index (χ3n) is 4.00. The van der Waals surface area contributed by atoms with Crippen molar-refractivity contribution in [1.82, 2.24) is 4.90 Å². The summed E-state index contributed by atoms with van der Waals surface area (Å²) in [6, 6.07) is 2.52. The number of hydrogen-bond donors (Lipinski definition) is 1. The van der Waals surface area contributed by atoms with Crippen LogP contribution >= 0.6 is 11.3 Å². The Morgan fingerprint density at radius 1 is 1.56 bits per heavy atom. The lowest BCUT2D eigenvalue weighted by Gasteiger charge is -2.37. The van der Waals surface area contributed by atoms with Crippen LogP contribution in [0.5, 0.6) is 0 Å². The van der Waals surface area contributed by atoms with E-state index in [1.54, 1.807) is 0 Å². The number of nitrogens with zero attached hydrogens (tertiary/aromatic N) is 1. The minimum Gasteiger partial charge on any atom is -0.477 e. The van der Waals surface area contributed by atoms with Crippen molar-refractivity contribution in [2.75, 3.05) is 6.54 Å². The number of rotatable bonds is 4. The molecule has 0 spiro atoms. The van der Waals surface area contributed by atoms with Crippen molar-refractivity contribution in [3.63, 3.8) is 0 Å². The predicted octanol–water partition coefficient (Wildman–Crippen LogP) is 3.46. The van der Waals surface area contributed by atoms with Crippen LogP contribution in [0, 0.1) is 5.92 Å². The molecule has 2 unspecified atom stereocenters. The van der Waals surface area contributed by atoms with Crippen molar-refractivity contribution in [3.8, 4) is 0 Å². The summed E-state index contributed by atoms with van der Waals surface area (Å²) in [7, 11) is 0. The van der Waals surface area contributed by atoms with Crippen LogP contribution in [0.3, 0.4) is 0 Å². The molecule has 0 aromatic carbocycles. The van der Waals surface area contributed by atoms with E-state index in [2.05, 4.69) is 18.7 Å². The maximum atomic E-state index is 11.1. The quantitative estimate of drug-likeness (QED) is 0.908. The van der Waals surface area contributed by atoms with Gasteiger partial charge in [-0.3, -0.25) is 4.90 Å². The molecule has 2 rings (SSSR count). The van der Waals surface area contributed by atoms with Gasteiger partial charge in [-0.15, -0.1) is 11.3 Å². The van der Waals surface area contributed by atoms with Gasteiger partial charge in [-0.05, 0) is 42.7 Å². The van der Waals surface area contributed by atoms with Gasteiger partial charge in [0.1, 0.15) is 4.88 Å². The first-order valence-corrected chi connectivity index (χ1v) is 7.53. The van der Waals surface area contributed by atoms with Crippen LogP contribution < -0.4 is 0 Å².